The van der Waals surface area contributed by atoms with Crippen LogP contribution in [0.5, 0.6) is 5.75 Å². The SMILES string of the molecule is CC1(C)OB(/C=C/c2ccc(O)c(Cl)c2)OC1(C)C. The van der Waals surface area contributed by atoms with E-state index < -0.39 is 0 Å². The average Bonchev–Trinajstić information content (AvgIpc) is 2.49. The highest BCUT2D eigenvalue weighted by atomic mass is 35.5. The summed E-state index contributed by atoms with van der Waals surface area (Å²) in [5.74, 6) is 1.92. The number of halogens is 1. The van der Waals surface area contributed by atoms with Gasteiger partial charge in [0, 0.05) is 0 Å². The fourth-order valence-corrected chi connectivity index (χ4v) is 1.97. The molecule has 0 bridgehead atoms. The van der Waals surface area contributed by atoms with E-state index in [1.807, 2.05) is 39.7 Å². The van der Waals surface area contributed by atoms with Crippen molar-refractivity contribution in [1.29, 1.82) is 0 Å². The normalized spacial score (nSPS) is 21.2. The molecule has 3 nitrogen and oxygen atoms in total. The Morgan fingerprint density at radius 1 is 1.16 bits per heavy atom. The summed E-state index contributed by atoms with van der Waals surface area (Å²) in [4.78, 5) is 0. The summed E-state index contributed by atoms with van der Waals surface area (Å²) in [6.07, 6.45) is 1.87. The van der Waals surface area contributed by atoms with Gasteiger partial charge in [-0.25, -0.2) is 0 Å². The first-order valence-corrected chi connectivity index (χ1v) is 6.61. The molecule has 0 aliphatic carbocycles. The lowest BCUT2D eigenvalue weighted by molar-refractivity contribution is 0.00578. The average molecular weight is 281 g/mol. The van der Waals surface area contributed by atoms with Crippen molar-refractivity contribution in [1.82, 2.24) is 0 Å². The van der Waals surface area contributed by atoms with Crippen LogP contribution in [0.3, 0.4) is 0 Å². The maximum absolute atomic E-state index is 9.36. The fourth-order valence-electron chi connectivity index (χ4n) is 1.78. The molecule has 0 spiro atoms. The summed E-state index contributed by atoms with van der Waals surface area (Å²) < 4.78 is 11.7. The van der Waals surface area contributed by atoms with Crippen molar-refractivity contribution in [2.45, 2.75) is 38.9 Å². The molecule has 1 aromatic carbocycles. The molecule has 0 unspecified atom stereocenters. The minimum Gasteiger partial charge on any atom is -0.506 e. The van der Waals surface area contributed by atoms with Gasteiger partial charge in [0.2, 0.25) is 0 Å². The van der Waals surface area contributed by atoms with Gasteiger partial charge in [0.05, 0.1) is 16.2 Å². The highest BCUT2D eigenvalue weighted by molar-refractivity contribution is 6.52. The summed E-state index contributed by atoms with van der Waals surface area (Å²) in [7, 11) is -0.377. The Bertz CT molecular complexity index is 495. The molecule has 2 rings (SSSR count). The second kappa shape index (κ2) is 4.86. The lowest BCUT2D eigenvalue weighted by Crippen LogP contribution is -2.41. The summed E-state index contributed by atoms with van der Waals surface area (Å²) in [5.41, 5.74) is 0.209. The topological polar surface area (TPSA) is 38.7 Å². The van der Waals surface area contributed by atoms with Crippen LogP contribution in [0.25, 0.3) is 6.08 Å². The number of phenolic OH excluding ortho intramolecular Hbond substituents is 1. The fraction of sp³-hybridized carbons (Fsp3) is 0.429. The van der Waals surface area contributed by atoms with Gasteiger partial charge in [-0.15, -0.1) is 0 Å². The van der Waals surface area contributed by atoms with E-state index in [1.54, 1.807) is 18.2 Å². The van der Waals surface area contributed by atoms with Crippen LogP contribution >= 0.6 is 11.6 Å². The molecule has 0 amide bonds. The maximum Gasteiger partial charge on any atom is 0.487 e. The van der Waals surface area contributed by atoms with E-state index in [1.165, 1.54) is 0 Å². The van der Waals surface area contributed by atoms with Crippen LogP contribution < -0.4 is 0 Å². The summed E-state index contributed by atoms with van der Waals surface area (Å²) >= 11 is 5.85. The first kappa shape index (κ1) is 14.4. The van der Waals surface area contributed by atoms with E-state index in [9.17, 15) is 5.11 Å². The zero-order chi connectivity index (χ0) is 14.3. The van der Waals surface area contributed by atoms with Crippen LogP contribution in [-0.4, -0.2) is 23.4 Å². The van der Waals surface area contributed by atoms with Gasteiger partial charge in [-0.3, -0.25) is 0 Å². The van der Waals surface area contributed by atoms with Crippen molar-refractivity contribution in [3.05, 3.63) is 34.8 Å². The number of phenols is 1. The summed E-state index contributed by atoms with van der Waals surface area (Å²) in [5, 5.41) is 9.68. The Balaban J connectivity index is 2.10. The molecule has 1 heterocycles. The predicted octanol–water partition coefficient (Wildman–Crippen LogP) is 3.69. The monoisotopic (exact) mass is 280 g/mol. The van der Waals surface area contributed by atoms with Gasteiger partial charge in [-0.05, 0) is 45.4 Å². The second-order valence-electron chi connectivity index (χ2n) is 5.69. The Morgan fingerprint density at radius 2 is 1.74 bits per heavy atom. The zero-order valence-corrected chi connectivity index (χ0v) is 12.4. The van der Waals surface area contributed by atoms with Crippen LogP contribution in [0.4, 0.5) is 0 Å². The van der Waals surface area contributed by atoms with Crippen LogP contribution in [0.1, 0.15) is 33.3 Å². The van der Waals surface area contributed by atoms with Crippen molar-refractivity contribution in [2.24, 2.45) is 0 Å². The Kier molecular flexibility index (Phi) is 3.69. The first-order chi connectivity index (χ1) is 8.71. The lowest BCUT2D eigenvalue weighted by atomic mass is 9.89. The van der Waals surface area contributed by atoms with Crippen molar-refractivity contribution in [3.8, 4) is 5.75 Å². The number of hydrogen-bond acceptors (Lipinski definition) is 3. The number of rotatable bonds is 2. The molecular formula is C14H18BClO3. The molecule has 0 saturated carbocycles. The summed E-state index contributed by atoms with van der Waals surface area (Å²) in [6, 6.07) is 5.04. The zero-order valence-electron chi connectivity index (χ0n) is 11.6. The molecule has 1 aromatic rings. The van der Waals surface area contributed by atoms with Gasteiger partial charge in [0.1, 0.15) is 5.75 Å². The number of aromatic hydroxyl groups is 1. The number of hydrogen-bond donors (Lipinski definition) is 1. The third kappa shape index (κ3) is 2.97. The Morgan fingerprint density at radius 3 is 2.26 bits per heavy atom. The van der Waals surface area contributed by atoms with Crippen LogP contribution in [0.15, 0.2) is 24.2 Å². The minimum atomic E-state index is -0.377. The van der Waals surface area contributed by atoms with E-state index in [0.717, 1.165) is 5.56 Å². The van der Waals surface area contributed by atoms with Gasteiger partial charge < -0.3 is 14.4 Å². The first-order valence-electron chi connectivity index (χ1n) is 6.24. The Labute approximate surface area is 119 Å². The molecule has 0 aromatic heterocycles. The second-order valence-corrected chi connectivity index (χ2v) is 6.10. The van der Waals surface area contributed by atoms with E-state index in [4.69, 9.17) is 20.9 Å². The lowest BCUT2D eigenvalue weighted by Gasteiger charge is -2.32. The highest BCUT2D eigenvalue weighted by Gasteiger charge is 2.49. The van der Waals surface area contributed by atoms with E-state index in [2.05, 4.69) is 0 Å². The van der Waals surface area contributed by atoms with Gasteiger partial charge in [0.25, 0.3) is 0 Å². The van der Waals surface area contributed by atoms with E-state index in [-0.39, 0.29) is 24.1 Å². The molecule has 1 fully saturated rings. The van der Waals surface area contributed by atoms with Crippen LogP contribution in [0.2, 0.25) is 5.02 Å². The largest absolute Gasteiger partial charge is 0.506 e. The van der Waals surface area contributed by atoms with Crippen molar-refractivity contribution < 1.29 is 14.4 Å². The molecule has 102 valence electrons. The highest BCUT2D eigenvalue weighted by Crippen LogP contribution is 2.37. The van der Waals surface area contributed by atoms with Crippen molar-refractivity contribution in [2.75, 3.05) is 0 Å². The molecule has 1 aliphatic rings. The molecule has 0 radical (unpaired) electrons. The van der Waals surface area contributed by atoms with E-state index >= 15 is 0 Å². The minimum absolute atomic E-state index is 0.0782. The molecule has 19 heavy (non-hydrogen) atoms. The van der Waals surface area contributed by atoms with Crippen LogP contribution in [0, 0.1) is 0 Å². The Hall–Kier alpha value is -0.965. The molecule has 1 saturated heterocycles. The van der Waals surface area contributed by atoms with Gasteiger partial charge in [-0.2, -0.15) is 0 Å². The standard InChI is InChI=1S/C14H18BClO3/c1-13(2)14(3,4)19-15(18-13)8-7-10-5-6-12(17)11(16)9-10/h5-9,17H,1-4H3/b8-7+. The van der Waals surface area contributed by atoms with Crippen LogP contribution in [-0.2, 0) is 9.31 Å². The molecular weight excluding hydrogens is 262 g/mol. The summed E-state index contributed by atoms with van der Waals surface area (Å²) in [6.45, 7) is 8.05. The molecule has 5 heteroatoms. The molecule has 1 aliphatic heterocycles. The smallest absolute Gasteiger partial charge is 0.487 e. The third-order valence-corrected chi connectivity index (χ3v) is 3.99. The third-order valence-electron chi connectivity index (χ3n) is 3.69. The van der Waals surface area contributed by atoms with E-state index in [0.29, 0.717) is 5.02 Å². The number of benzene rings is 1. The quantitative estimate of drug-likeness (QED) is 0.840. The van der Waals surface area contributed by atoms with Crippen molar-refractivity contribution in [3.63, 3.8) is 0 Å². The van der Waals surface area contributed by atoms with Gasteiger partial charge in [-0.1, -0.05) is 29.7 Å². The maximum atomic E-state index is 9.36. The molecule has 1 N–H and O–H groups in total. The van der Waals surface area contributed by atoms with Crippen molar-refractivity contribution >= 4 is 24.8 Å². The predicted molar refractivity (Wildman–Crippen MR) is 78.2 cm³/mol. The molecule has 0 atom stereocenters. The van der Waals surface area contributed by atoms with Gasteiger partial charge >= 0.3 is 7.12 Å². The van der Waals surface area contributed by atoms with Gasteiger partial charge in [0.15, 0.2) is 0 Å².